The molecule has 0 radical (unpaired) electrons. The van der Waals surface area contributed by atoms with Crippen LogP contribution in [0.3, 0.4) is 0 Å². The lowest BCUT2D eigenvalue weighted by Crippen LogP contribution is -2.39. The molecule has 3 heteroatoms. The highest BCUT2D eigenvalue weighted by Gasteiger charge is 2.17. The molecule has 0 aromatic carbocycles. The molecule has 0 amide bonds. The van der Waals surface area contributed by atoms with E-state index in [1.165, 1.54) is 12.8 Å². The minimum absolute atomic E-state index is 0.363. The number of β-amino-alcohol motifs (C(OH)–C–C–N with tert-alkyl or cyclic N) is 1. The Labute approximate surface area is 92.7 Å². The zero-order valence-corrected chi connectivity index (χ0v) is 9.69. The van der Waals surface area contributed by atoms with Gasteiger partial charge in [0.05, 0.1) is 19.3 Å². The molecule has 88 valence electrons. The van der Waals surface area contributed by atoms with E-state index in [1.54, 1.807) is 6.08 Å². The van der Waals surface area contributed by atoms with Crippen LogP contribution in [-0.4, -0.2) is 49.0 Å². The Morgan fingerprint density at radius 3 is 2.80 bits per heavy atom. The van der Waals surface area contributed by atoms with Gasteiger partial charge in [0.2, 0.25) is 0 Å². The van der Waals surface area contributed by atoms with Gasteiger partial charge in [0, 0.05) is 6.54 Å². The molecule has 1 fully saturated rings. The first-order valence-electron chi connectivity index (χ1n) is 5.81. The van der Waals surface area contributed by atoms with Gasteiger partial charge in [-0.3, -0.25) is 0 Å². The summed E-state index contributed by atoms with van der Waals surface area (Å²) in [5, 5.41) is 9.69. The van der Waals surface area contributed by atoms with Crippen LogP contribution < -0.4 is 0 Å². The molecule has 0 aromatic heterocycles. The molecule has 1 N–H and O–H groups in total. The lowest BCUT2D eigenvalue weighted by molar-refractivity contribution is 0.0198. The van der Waals surface area contributed by atoms with E-state index in [0.29, 0.717) is 13.2 Å². The second-order valence-electron chi connectivity index (χ2n) is 4.46. The number of aliphatic hydroxyl groups excluding tert-OH is 1. The van der Waals surface area contributed by atoms with Gasteiger partial charge in [0.25, 0.3) is 0 Å². The van der Waals surface area contributed by atoms with Crippen molar-refractivity contribution in [3.8, 4) is 0 Å². The number of nitrogens with zero attached hydrogens (tertiary/aromatic N) is 1. The third kappa shape index (κ3) is 5.30. The highest BCUT2D eigenvalue weighted by molar-refractivity contribution is 4.72. The molecule has 0 spiro atoms. The topological polar surface area (TPSA) is 32.7 Å². The standard InChI is InChI=1S/C12H23NO2/c1-3-8-15-10-12(14)9-13-6-4-11(2)5-7-13/h3,11-12,14H,1,4-10H2,2H3/t12-/m1/s1. The second-order valence-corrected chi connectivity index (χ2v) is 4.46. The Kier molecular flexibility index (Phi) is 5.91. The zero-order valence-electron chi connectivity index (χ0n) is 9.69. The molecule has 1 aliphatic rings. The number of aliphatic hydroxyl groups is 1. The predicted molar refractivity (Wildman–Crippen MR) is 61.9 cm³/mol. The summed E-state index contributed by atoms with van der Waals surface area (Å²) in [6.07, 6.45) is 3.84. The molecule has 0 saturated carbocycles. The summed E-state index contributed by atoms with van der Waals surface area (Å²) in [6, 6.07) is 0. The van der Waals surface area contributed by atoms with E-state index in [2.05, 4.69) is 18.4 Å². The molecule has 0 unspecified atom stereocenters. The maximum atomic E-state index is 9.69. The Hall–Kier alpha value is -0.380. The Morgan fingerprint density at radius 2 is 2.20 bits per heavy atom. The fourth-order valence-corrected chi connectivity index (χ4v) is 1.88. The average Bonchev–Trinajstić information content (AvgIpc) is 2.22. The van der Waals surface area contributed by atoms with Gasteiger partial charge < -0.3 is 14.7 Å². The summed E-state index contributed by atoms with van der Waals surface area (Å²) in [5.41, 5.74) is 0. The van der Waals surface area contributed by atoms with Gasteiger partial charge >= 0.3 is 0 Å². The molecule has 3 nitrogen and oxygen atoms in total. The number of hydrogen-bond donors (Lipinski definition) is 1. The van der Waals surface area contributed by atoms with Crippen LogP contribution in [0, 0.1) is 5.92 Å². The third-order valence-corrected chi connectivity index (χ3v) is 2.89. The molecule has 0 aliphatic carbocycles. The van der Waals surface area contributed by atoms with Crippen molar-refractivity contribution in [3.05, 3.63) is 12.7 Å². The number of likely N-dealkylation sites (tertiary alicyclic amines) is 1. The average molecular weight is 213 g/mol. The van der Waals surface area contributed by atoms with Gasteiger partial charge in [-0.05, 0) is 31.8 Å². The van der Waals surface area contributed by atoms with Gasteiger partial charge in [-0.15, -0.1) is 6.58 Å². The molecule has 1 atom stereocenters. The van der Waals surface area contributed by atoms with Crippen molar-refractivity contribution < 1.29 is 9.84 Å². The highest BCUT2D eigenvalue weighted by Crippen LogP contribution is 2.15. The number of rotatable bonds is 6. The minimum Gasteiger partial charge on any atom is -0.389 e. The molecular formula is C12H23NO2. The number of ether oxygens (including phenoxy) is 1. The smallest absolute Gasteiger partial charge is 0.0900 e. The van der Waals surface area contributed by atoms with E-state index in [0.717, 1.165) is 25.6 Å². The molecule has 1 aliphatic heterocycles. The fraction of sp³-hybridized carbons (Fsp3) is 0.833. The van der Waals surface area contributed by atoms with Crippen LogP contribution in [0.25, 0.3) is 0 Å². The van der Waals surface area contributed by atoms with Gasteiger partial charge in [-0.2, -0.15) is 0 Å². The van der Waals surface area contributed by atoms with Crippen molar-refractivity contribution in [2.75, 3.05) is 32.8 Å². The number of piperidine rings is 1. The Bertz CT molecular complexity index is 176. The maximum Gasteiger partial charge on any atom is 0.0900 e. The third-order valence-electron chi connectivity index (χ3n) is 2.89. The SMILES string of the molecule is C=CCOC[C@H](O)CN1CCC(C)CC1. The first-order valence-corrected chi connectivity index (χ1v) is 5.81. The lowest BCUT2D eigenvalue weighted by atomic mass is 9.99. The molecule has 0 aromatic rings. The van der Waals surface area contributed by atoms with E-state index in [1.807, 2.05) is 0 Å². The van der Waals surface area contributed by atoms with Crippen LogP contribution in [0.1, 0.15) is 19.8 Å². The summed E-state index contributed by atoms with van der Waals surface area (Å²) in [4.78, 5) is 2.32. The molecule has 1 rings (SSSR count). The van der Waals surface area contributed by atoms with Crippen LogP contribution in [-0.2, 0) is 4.74 Å². The van der Waals surface area contributed by atoms with Crippen LogP contribution in [0.2, 0.25) is 0 Å². The maximum absolute atomic E-state index is 9.69. The van der Waals surface area contributed by atoms with E-state index in [9.17, 15) is 5.11 Å². The van der Waals surface area contributed by atoms with Gasteiger partial charge in [-0.1, -0.05) is 13.0 Å². The van der Waals surface area contributed by atoms with Crippen LogP contribution in [0.4, 0.5) is 0 Å². The summed E-state index contributed by atoms with van der Waals surface area (Å²) < 4.78 is 5.21. The first-order chi connectivity index (χ1) is 7.22. The van der Waals surface area contributed by atoms with E-state index in [-0.39, 0.29) is 6.10 Å². The quantitative estimate of drug-likeness (QED) is 0.533. The largest absolute Gasteiger partial charge is 0.389 e. The van der Waals surface area contributed by atoms with Gasteiger partial charge in [0.15, 0.2) is 0 Å². The summed E-state index contributed by atoms with van der Waals surface area (Å²) in [5.74, 6) is 0.843. The van der Waals surface area contributed by atoms with Crippen molar-refractivity contribution >= 4 is 0 Å². The minimum atomic E-state index is -0.363. The monoisotopic (exact) mass is 213 g/mol. The van der Waals surface area contributed by atoms with Crippen molar-refractivity contribution in [1.29, 1.82) is 0 Å². The van der Waals surface area contributed by atoms with Crippen molar-refractivity contribution in [1.82, 2.24) is 4.90 Å². The normalized spacial score (nSPS) is 21.5. The van der Waals surface area contributed by atoms with Gasteiger partial charge in [-0.25, -0.2) is 0 Å². The lowest BCUT2D eigenvalue weighted by Gasteiger charge is -2.31. The van der Waals surface area contributed by atoms with Crippen LogP contribution in [0.15, 0.2) is 12.7 Å². The molecule has 15 heavy (non-hydrogen) atoms. The molecule has 0 bridgehead atoms. The van der Waals surface area contributed by atoms with Crippen LogP contribution >= 0.6 is 0 Å². The predicted octanol–water partition coefficient (Wildman–Crippen LogP) is 1.28. The van der Waals surface area contributed by atoms with Crippen molar-refractivity contribution in [2.24, 2.45) is 5.92 Å². The van der Waals surface area contributed by atoms with Crippen LogP contribution in [0.5, 0.6) is 0 Å². The van der Waals surface area contributed by atoms with E-state index in [4.69, 9.17) is 4.74 Å². The van der Waals surface area contributed by atoms with E-state index >= 15 is 0 Å². The van der Waals surface area contributed by atoms with Crippen molar-refractivity contribution in [2.45, 2.75) is 25.9 Å². The van der Waals surface area contributed by atoms with Crippen molar-refractivity contribution in [3.63, 3.8) is 0 Å². The Morgan fingerprint density at radius 1 is 1.53 bits per heavy atom. The highest BCUT2D eigenvalue weighted by atomic mass is 16.5. The van der Waals surface area contributed by atoms with E-state index < -0.39 is 0 Å². The first kappa shape index (κ1) is 12.7. The number of hydrogen-bond acceptors (Lipinski definition) is 3. The fourth-order valence-electron chi connectivity index (χ4n) is 1.88. The summed E-state index contributed by atoms with van der Waals surface area (Å²) in [7, 11) is 0. The molecule has 1 heterocycles. The second kappa shape index (κ2) is 6.99. The molecular weight excluding hydrogens is 190 g/mol. The zero-order chi connectivity index (χ0) is 11.1. The van der Waals surface area contributed by atoms with Gasteiger partial charge in [0.1, 0.15) is 0 Å². The summed E-state index contributed by atoms with van der Waals surface area (Å²) >= 11 is 0. The summed E-state index contributed by atoms with van der Waals surface area (Å²) in [6.45, 7) is 9.76. The molecule has 1 saturated heterocycles. The Balaban J connectivity index is 2.09.